The number of aliphatic hydroxyl groups excluding tert-OH is 1. The lowest BCUT2D eigenvalue weighted by atomic mass is 9.35. The van der Waals surface area contributed by atoms with Gasteiger partial charge in [0.05, 0.1) is 5.60 Å². The van der Waals surface area contributed by atoms with Gasteiger partial charge in [-0.3, -0.25) is 4.79 Å². The maximum Gasteiger partial charge on any atom is 0.220 e. The number of ketones is 1. The van der Waals surface area contributed by atoms with Gasteiger partial charge in [0.1, 0.15) is 0 Å². The molecule has 168 valence electrons. The van der Waals surface area contributed by atoms with Crippen molar-refractivity contribution in [1.29, 1.82) is 0 Å². The Balaban J connectivity index is 1.66. The molecule has 0 bridgehead atoms. The van der Waals surface area contributed by atoms with Crippen LogP contribution in [0.1, 0.15) is 86.5 Å². The normalized spacial score (nSPS) is 49.2. The second kappa shape index (κ2) is 6.04. The van der Waals surface area contributed by atoms with Crippen molar-refractivity contribution >= 4 is 5.78 Å². The molecule has 3 nitrogen and oxygen atoms in total. The summed E-state index contributed by atoms with van der Waals surface area (Å²) >= 11 is 0. The zero-order valence-corrected chi connectivity index (χ0v) is 20.1. The van der Waals surface area contributed by atoms with Gasteiger partial charge in [-0.05, 0) is 98.2 Å². The molecule has 0 radical (unpaired) electrons. The van der Waals surface area contributed by atoms with Crippen LogP contribution in [-0.4, -0.2) is 21.6 Å². The predicted molar refractivity (Wildman–Crippen MR) is 123 cm³/mol. The number of fused-ring (bicyclic) bond motifs is 7. The Bertz CT molecular complexity index is 1010. The summed E-state index contributed by atoms with van der Waals surface area (Å²) < 4.78 is 0. The molecule has 3 heteroatoms. The average molecular weight is 423 g/mol. The van der Waals surface area contributed by atoms with Crippen LogP contribution < -0.4 is 0 Å². The smallest absolute Gasteiger partial charge is 0.220 e. The van der Waals surface area contributed by atoms with Gasteiger partial charge in [0.15, 0.2) is 5.76 Å². The lowest BCUT2D eigenvalue weighted by Gasteiger charge is -2.69. The molecule has 0 spiro atoms. The number of hydrogen-bond acceptors (Lipinski definition) is 3. The molecule has 0 heterocycles. The standard InChI is InChI=1S/C28H38O3/c1-17-18-7-8-21-26(4,19(18)15-20(29)23(17)30)12-14-28(6)22-16-25(3,31)11-9-24(22,2)10-13-27(21,28)5/h7-8,15,22,30-31H,9-14,16H2,1-6H3/t22-,24-,25-,26+,27-,28+/m1/s1. The van der Waals surface area contributed by atoms with E-state index in [1.807, 2.05) is 13.8 Å². The third-order valence-corrected chi connectivity index (χ3v) is 10.8. The fraction of sp³-hybridized carbons (Fsp3) is 0.679. The number of carbonyl (C=O) groups is 1. The Hall–Kier alpha value is -1.61. The van der Waals surface area contributed by atoms with Crippen LogP contribution in [0.3, 0.4) is 0 Å². The van der Waals surface area contributed by atoms with Gasteiger partial charge in [0.25, 0.3) is 0 Å². The third kappa shape index (κ3) is 2.53. The minimum atomic E-state index is -0.571. The molecule has 0 aliphatic heterocycles. The largest absolute Gasteiger partial charge is 0.504 e. The number of hydrogen-bond donors (Lipinski definition) is 2. The fourth-order valence-electron chi connectivity index (χ4n) is 8.44. The third-order valence-electron chi connectivity index (χ3n) is 10.8. The maximum atomic E-state index is 12.5. The van der Waals surface area contributed by atoms with E-state index in [0.717, 1.165) is 49.7 Å². The second-order valence-electron chi connectivity index (χ2n) is 12.5. The van der Waals surface area contributed by atoms with E-state index >= 15 is 0 Å². The van der Waals surface area contributed by atoms with E-state index in [-0.39, 0.29) is 27.8 Å². The predicted octanol–water partition coefficient (Wildman–Crippen LogP) is 6.36. The molecule has 0 saturated heterocycles. The van der Waals surface area contributed by atoms with E-state index in [2.05, 4.69) is 39.8 Å². The lowest BCUT2D eigenvalue weighted by Crippen LogP contribution is -2.62. The molecule has 0 aromatic carbocycles. The number of rotatable bonds is 0. The van der Waals surface area contributed by atoms with E-state index in [9.17, 15) is 15.0 Å². The number of allylic oxidation sites excluding steroid dienone is 7. The molecule has 0 aromatic heterocycles. The Kier molecular flexibility index (Phi) is 4.14. The Labute approximate surface area is 187 Å². The Morgan fingerprint density at radius 3 is 2.32 bits per heavy atom. The quantitative estimate of drug-likeness (QED) is 0.478. The molecule has 5 aliphatic carbocycles. The molecule has 6 atom stereocenters. The van der Waals surface area contributed by atoms with Crippen LogP contribution in [0.25, 0.3) is 0 Å². The first-order chi connectivity index (χ1) is 14.3. The molecule has 0 aromatic rings. The van der Waals surface area contributed by atoms with Crippen molar-refractivity contribution in [3.8, 4) is 0 Å². The zero-order chi connectivity index (χ0) is 22.6. The molecule has 2 N–H and O–H groups in total. The van der Waals surface area contributed by atoms with Crippen LogP contribution in [0.5, 0.6) is 0 Å². The van der Waals surface area contributed by atoms with Crippen LogP contribution >= 0.6 is 0 Å². The van der Waals surface area contributed by atoms with E-state index < -0.39 is 5.60 Å². The van der Waals surface area contributed by atoms with Crippen molar-refractivity contribution in [3.63, 3.8) is 0 Å². The van der Waals surface area contributed by atoms with Crippen LogP contribution in [0.15, 0.2) is 46.3 Å². The number of aliphatic hydroxyl groups is 2. The topological polar surface area (TPSA) is 57.5 Å². The SMILES string of the molecule is CC1=C(O)C(=O)C=C2C1=CC=C1[C@@]2(C)CC[C@@]2(C)[C@@H]3C[C@](C)(O)CC[C@]3(C)CC[C@]12C. The molecule has 5 aliphatic rings. The van der Waals surface area contributed by atoms with Gasteiger partial charge in [0.2, 0.25) is 5.78 Å². The summed E-state index contributed by atoms with van der Waals surface area (Å²) in [4.78, 5) is 12.5. The maximum absolute atomic E-state index is 12.5. The molecule has 3 saturated carbocycles. The summed E-state index contributed by atoms with van der Waals surface area (Å²) in [6.45, 7) is 13.6. The van der Waals surface area contributed by atoms with Crippen molar-refractivity contribution in [1.82, 2.24) is 0 Å². The van der Waals surface area contributed by atoms with Crippen LogP contribution in [0.4, 0.5) is 0 Å². The van der Waals surface area contributed by atoms with Crippen molar-refractivity contribution in [3.05, 3.63) is 46.3 Å². The molecule has 31 heavy (non-hydrogen) atoms. The summed E-state index contributed by atoms with van der Waals surface area (Å²) in [5, 5.41) is 21.3. The minimum absolute atomic E-state index is 0.0284. The molecule has 5 rings (SSSR count). The fourth-order valence-corrected chi connectivity index (χ4v) is 8.44. The summed E-state index contributed by atoms with van der Waals surface area (Å²) in [7, 11) is 0. The molecular formula is C28H38O3. The van der Waals surface area contributed by atoms with Crippen molar-refractivity contribution < 1.29 is 15.0 Å². The summed E-state index contributed by atoms with van der Waals surface area (Å²) in [6, 6.07) is 0. The Morgan fingerprint density at radius 1 is 0.935 bits per heavy atom. The number of carbonyl (C=O) groups excluding carboxylic acids is 1. The molecule has 0 amide bonds. The van der Waals surface area contributed by atoms with E-state index in [4.69, 9.17) is 0 Å². The van der Waals surface area contributed by atoms with Gasteiger partial charge in [0, 0.05) is 11.0 Å². The van der Waals surface area contributed by atoms with E-state index in [0.29, 0.717) is 16.9 Å². The van der Waals surface area contributed by atoms with E-state index in [1.54, 1.807) is 6.08 Å². The molecule has 3 fully saturated rings. The molecular weight excluding hydrogens is 384 g/mol. The Morgan fingerprint density at radius 2 is 1.61 bits per heavy atom. The summed E-state index contributed by atoms with van der Waals surface area (Å²) in [5.41, 5.74) is 3.97. The highest BCUT2D eigenvalue weighted by Gasteiger charge is 2.66. The molecule has 0 unspecified atom stereocenters. The average Bonchev–Trinajstić information content (AvgIpc) is 2.70. The highest BCUT2D eigenvalue weighted by atomic mass is 16.3. The van der Waals surface area contributed by atoms with Crippen LogP contribution in [-0.2, 0) is 4.79 Å². The summed E-state index contributed by atoms with van der Waals surface area (Å²) in [6.07, 6.45) is 13.5. The van der Waals surface area contributed by atoms with Crippen molar-refractivity contribution in [2.75, 3.05) is 0 Å². The first-order valence-electron chi connectivity index (χ1n) is 12.1. The highest BCUT2D eigenvalue weighted by Crippen LogP contribution is 2.74. The zero-order valence-electron chi connectivity index (χ0n) is 20.1. The van der Waals surface area contributed by atoms with Gasteiger partial charge in [-0.2, -0.15) is 0 Å². The van der Waals surface area contributed by atoms with Gasteiger partial charge in [-0.25, -0.2) is 0 Å². The van der Waals surface area contributed by atoms with Gasteiger partial charge in [-0.1, -0.05) is 45.4 Å². The first-order valence-corrected chi connectivity index (χ1v) is 12.1. The highest BCUT2D eigenvalue weighted by molar-refractivity contribution is 6.06. The van der Waals surface area contributed by atoms with Crippen LogP contribution in [0.2, 0.25) is 0 Å². The van der Waals surface area contributed by atoms with Gasteiger partial charge in [-0.15, -0.1) is 0 Å². The first kappa shape index (κ1) is 21.2. The van der Waals surface area contributed by atoms with Gasteiger partial charge < -0.3 is 10.2 Å². The van der Waals surface area contributed by atoms with Crippen molar-refractivity contribution in [2.45, 2.75) is 92.1 Å². The van der Waals surface area contributed by atoms with Crippen LogP contribution in [0, 0.1) is 27.6 Å². The van der Waals surface area contributed by atoms with E-state index in [1.165, 1.54) is 12.0 Å². The lowest BCUT2D eigenvalue weighted by molar-refractivity contribution is -0.176. The van der Waals surface area contributed by atoms with Gasteiger partial charge >= 0.3 is 0 Å². The summed E-state index contributed by atoms with van der Waals surface area (Å²) in [5.74, 6) is 0.122. The second-order valence-corrected chi connectivity index (χ2v) is 12.5. The monoisotopic (exact) mass is 422 g/mol. The van der Waals surface area contributed by atoms with Crippen molar-refractivity contribution in [2.24, 2.45) is 27.6 Å². The minimum Gasteiger partial charge on any atom is -0.504 e.